The van der Waals surface area contributed by atoms with Crippen LogP contribution in [0.2, 0.25) is 0 Å². The molecule has 2 atom stereocenters. The summed E-state index contributed by atoms with van der Waals surface area (Å²) in [5.41, 5.74) is 34.0. The van der Waals surface area contributed by atoms with Crippen LogP contribution in [0.1, 0.15) is 44.7 Å². The van der Waals surface area contributed by atoms with Crippen molar-refractivity contribution in [3.8, 4) is 71.8 Å². The fourth-order valence-corrected chi connectivity index (χ4v) is 21.6. The summed E-state index contributed by atoms with van der Waals surface area (Å²) in [5.74, 6) is 0.917. The van der Waals surface area contributed by atoms with Crippen molar-refractivity contribution in [1.29, 1.82) is 0 Å². The first-order valence-corrected chi connectivity index (χ1v) is 40.1. The molecule has 4 aliphatic carbocycles. The molecule has 3 heterocycles. The second-order valence-electron chi connectivity index (χ2n) is 30.4. The fraction of sp³-hybridized carbons (Fsp3) is 0.0185. The third-order valence-corrected chi connectivity index (χ3v) is 25.9. The molecule has 532 valence electrons. The monoisotopic (exact) mass is 1470 g/mol. The number of para-hydroxylation sites is 8. The number of rotatable bonds is 12. The molecule has 4 aliphatic rings. The first kappa shape index (κ1) is 64.3. The number of benzene rings is 17. The van der Waals surface area contributed by atoms with Gasteiger partial charge < -0.3 is 23.7 Å². The molecule has 20 aromatic rings. The maximum Gasteiger partial charge on any atom is 0.135 e. The number of fused-ring (bicyclic) bond motifs is 27. The number of anilines is 9. The van der Waals surface area contributed by atoms with E-state index < -0.39 is 10.8 Å². The van der Waals surface area contributed by atoms with Crippen LogP contribution in [0.4, 0.5) is 51.2 Å². The van der Waals surface area contributed by atoms with E-state index in [2.05, 4.69) is 432 Å². The normalized spacial score (nSPS) is 14.9. The van der Waals surface area contributed by atoms with E-state index in [1.165, 1.54) is 98.0 Å². The lowest BCUT2D eigenvalue weighted by molar-refractivity contribution is 0.507. The molecule has 2 spiro atoms. The summed E-state index contributed by atoms with van der Waals surface area (Å²) < 4.78 is 11.4. The summed E-state index contributed by atoms with van der Waals surface area (Å²) in [6.45, 7) is 0. The molecular formula is C108H68N4OS. The summed E-state index contributed by atoms with van der Waals surface area (Å²) in [6, 6.07) is 153. The van der Waals surface area contributed by atoms with Crippen LogP contribution in [-0.4, -0.2) is 4.57 Å². The maximum atomic E-state index is 7.74. The smallest absolute Gasteiger partial charge is 0.135 e. The fourth-order valence-electron chi connectivity index (χ4n) is 20.3. The first-order valence-electron chi connectivity index (χ1n) is 39.3. The van der Waals surface area contributed by atoms with Gasteiger partial charge in [-0.15, -0.1) is 11.3 Å². The molecule has 0 saturated heterocycles. The number of hydrogen-bond donors (Lipinski definition) is 0. The van der Waals surface area contributed by atoms with Crippen LogP contribution in [0.15, 0.2) is 417 Å². The molecule has 0 saturated carbocycles. The van der Waals surface area contributed by atoms with Gasteiger partial charge in [0.25, 0.3) is 0 Å². The Balaban J connectivity index is 0.710. The Hall–Kier alpha value is -14.6. The molecule has 0 aliphatic heterocycles. The molecule has 0 fully saturated rings. The molecule has 0 bridgehead atoms. The zero-order valence-corrected chi connectivity index (χ0v) is 62.7. The van der Waals surface area contributed by atoms with Gasteiger partial charge in [0.05, 0.1) is 33.5 Å². The predicted molar refractivity (Wildman–Crippen MR) is 473 cm³/mol. The van der Waals surface area contributed by atoms with Crippen molar-refractivity contribution < 1.29 is 4.42 Å². The Labute approximate surface area is 664 Å². The van der Waals surface area contributed by atoms with Gasteiger partial charge in [0, 0.05) is 87.8 Å². The third-order valence-electron chi connectivity index (χ3n) is 24.7. The van der Waals surface area contributed by atoms with Crippen molar-refractivity contribution in [3.05, 3.63) is 457 Å². The van der Waals surface area contributed by atoms with E-state index in [1.807, 2.05) is 11.3 Å². The van der Waals surface area contributed by atoms with Gasteiger partial charge in [-0.1, -0.05) is 273 Å². The molecule has 5 nitrogen and oxygen atoms in total. The van der Waals surface area contributed by atoms with Gasteiger partial charge in [-0.3, -0.25) is 0 Å². The highest BCUT2D eigenvalue weighted by Crippen LogP contribution is 2.71. The minimum absolute atomic E-state index is 0.707. The molecule has 3 aromatic heterocycles. The number of furan rings is 1. The first-order chi connectivity index (χ1) is 56.6. The molecule has 2 unspecified atom stereocenters. The lowest BCUT2D eigenvalue weighted by Crippen LogP contribution is -2.28. The topological polar surface area (TPSA) is 27.8 Å². The second kappa shape index (κ2) is 25.0. The van der Waals surface area contributed by atoms with Crippen LogP contribution in [0.5, 0.6) is 0 Å². The summed E-state index contributed by atoms with van der Waals surface area (Å²) in [4.78, 5) is 8.74. The van der Waals surface area contributed by atoms with E-state index in [0.29, 0.717) is 0 Å². The van der Waals surface area contributed by atoms with Crippen LogP contribution in [-0.2, 0) is 10.8 Å². The van der Waals surface area contributed by atoms with E-state index in [1.54, 1.807) is 0 Å². The average Bonchev–Trinajstić information content (AvgIpc) is 1.49. The molecule has 0 amide bonds. The van der Waals surface area contributed by atoms with Gasteiger partial charge in [0.2, 0.25) is 0 Å². The van der Waals surface area contributed by atoms with Gasteiger partial charge >= 0.3 is 0 Å². The molecule has 0 radical (unpaired) electrons. The standard InChI is InChI=1S/C108H68N4OS/c1-6-31-73(32-7-1)109(74-33-8-2-9-34-74)95-53-28-49-90-100(95)84-64-60-72(68-92(84)107(90)91-50-29-54-96(102(91)101-85-45-19-24-56-98(85)113-106(101)107)110(75-35-10-3-11-36-75)76-37-12-4-13-38-76)70-30-26-41-79(66-70)111(77-39-14-5-15-40-77)97-55-27-47-83-80-42-16-21-48-88(80)108(103(83)97)89-65-61-71(67-87(89)105-104(108)86-46-20-25-57-99(86)114-105)69-58-62-78(63-59-69)112-93-51-22-17-43-81(93)82-44-18-23-52-94(82)112/h1-68H. The Kier molecular flexibility index (Phi) is 14.1. The van der Waals surface area contributed by atoms with Crippen molar-refractivity contribution in [3.63, 3.8) is 0 Å². The molecule has 24 rings (SSSR count). The molecule has 6 heteroatoms. The van der Waals surface area contributed by atoms with Gasteiger partial charge in [0.1, 0.15) is 16.8 Å². The highest BCUT2D eigenvalue weighted by atomic mass is 32.1. The third kappa shape index (κ3) is 9.05. The van der Waals surface area contributed by atoms with Gasteiger partial charge in [0.15, 0.2) is 0 Å². The van der Waals surface area contributed by atoms with E-state index >= 15 is 0 Å². The van der Waals surface area contributed by atoms with Crippen molar-refractivity contribution >= 4 is 105 Å². The number of thiophene rings is 1. The zero-order valence-electron chi connectivity index (χ0n) is 61.9. The Morgan fingerprint density at radius 1 is 0.254 bits per heavy atom. The Bertz CT molecular complexity index is 7180. The minimum atomic E-state index is -0.946. The summed E-state index contributed by atoms with van der Waals surface area (Å²) in [5, 5.41) is 4.88. The molecule has 0 N–H and O–H groups in total. The number of aromatic nitrogens is 1. The Morgan fingerprint density at radius 3 is 1.36 bits per heavy atom. The van der Waals surface area contributed by atoms with E-state index in [0.717, 1.165) is 113 Å². The van der Waals surface area contributed by atoms with Gasteiger partial charge in [-0.05, 0) is 223 Å². The van der Waals surface area contributed by atoms with E-state index in [-0.39, 0.29) is 0 Å². The number of hydrogen-bond acceptors (Lipinski definition) is 5. The highest BCUT2D eigenvalue weighted by Gasteiger charge is 2.58. The van der Waals surface area contributed by atoms with E-state index in [4.69, 9.17) is 4.42 Å². The summed E-state index contributed by atoms with van der Waals surface area (Å²) in [7, 11) is 0. The lowest BCUT2D eigenvalue weighted by Gasteiger charge is -2.36. The van der Waals surface area contributed by atoms with Crippen LogP contribution >= 0.6 is 11.3 Å². The van der Waals surface area contributed by atoms with E-state index in [9.17, 15) is 0 Å². The van der Waals surface area contributed by atoms with Crippen LogP contribution < -0.4 is 14.7 Å². The minimum Gasteiger partial charge on any atom is -0.459 e. The largest absolute Gasteiger partial charge is 0.459 e. The zero-order chi connectivity index (χ0) is 74.7. The van der Waals surface area contributed by atoms with Crippen LogP contribution in [0.3, 0.4) is 0 Å². The predicted octanol–water partition coefficient (Wildman–Crippen LogP) is 29.2. The van der Waals surface area contributed by atoms with Gasteiger partial charge in [-0.2, -0.15) is 0 Å². The van der Waals surface area contributed by atoms with Crippen LogP contribution in [0.25, 0.3) is 115 Å². The number of nitrogens with zero attached hydrogens (tertiary/aromatic N) is 4. The van der Waals surface area contributed by atoms with Crippen molar-refractivity contribution in [2.75, 3.05) is 14.7 Å². The maximum absolute atomic E-state index is 7.74. The lowest BCUT2D eigenvalue weighted by atomic mass is 9.69. The van der Waals surface area contributed by atoms with Crippen LogP contribution in [0, 0.1) is 0 Å². The quantitative estimate of drug-likeness (QED) is 0.122. The second-order valence-corrected chi connectivity index (χ2v) is 31.5. The summed E-state index contributed by atoms with van der Waals surface area (Å²) >= 11 is 1.93. The van der Waals surface area contributed by atoms with Gasteiger partial charge in [-0.25, -0.2) is 0 Å². The summed E-state index contributed by atoms with van der Waals surface area (Å²) in [6.07, 6.45) is 0. The SMILES string of the molecule is c1ccc(N(c2ccccc2)c2cccc3c2-c2ccc(-c4cccc(N(c5ccccc5)c5cccc6c5C5(c7ccccc7-6)c6ccc(-c7ccc(-n8c9ccccc9c9ccccc98)cc7)cc6-c6sc7ccccc7c65)c4)cc2C32c3cccc(N(c4ccccc4)c4ccccc4)c3-c3c2oc2ccccc32)cc1. The molecule has 17 aromatic carbocycles. The van der Waals surface area contributed by atoms with Crippen molar-refractivity contribution in [2.45, 2.75) is 10.8 Å². The highest BCUT2D eigenvalue weighted by molar-refractivity contribution is 7.22. The molecule has 114 heavy (non-hydrogen) atoms. The van der Waals surface area contributed by atoms with Crippen molar-refractivity contribution in [1.82, 2.24) is 4.57 Å². The molecular weight excluding hydrogens is 1400 g/mol. The van der Waals surface area contributed by atoms with Crippen molar-refractivity contribution in [2.24, 2.45) is 0 Å². The average molecular weight is 1470 g/mol. The Morgan fingerprint density at radius 2 is 0.711 bits per heavy atom.